The minimum atomic E-state index is -4.21. The van der Waals surface area contributed by atoms with Crippen LogP contribution in [0.1, 0.15) is 50.8 Å². The first-order valence-electron chi connectivity index (χ1n) is 13.2. The summed E-state index contributed by atoms with van der Waals surface area (Å²) in [7, 11) is -4.21. The molecule has 40 heavy (non-hydrogen) atoms. The summed E-state index contributed by atoms with van der Waals surface area (Å²) in [4.78, 5) is 28.8. The van der Waals surface area contributed by atoms with Gasteiger partial charge in [0.15, 0.2) is 0 Å². The number of nitrogens with one attached hydrogen (secondary N) is 1. The van der Waals surface area contributed by atoms with Gasteiger partial charge in [0.05, 0.1) is 10.6 Å². The van der Waals surface area contributed by atoms with Crippen LogP contribution in [-0.4, -0.2) is 43.3 Å². The van der Waals surface area contributed by atoms with Gasteiger partial charge >= 0.3 is 0 Å². The van der Waals surface area contributed by atoms with E-state index in [9.17, 15) is 22.4 Å². The van der Waals surface area contributed by atoms with Gasteiger partial charge in [-0.1, -0.05) is 54.4 Å². The van der Waals surface area contributed by atoms with Crippen LogP contribution in [0.2, 0.25) is 0 Å². The molecule has 0 saturated heterocycles. The van der Waals surface area contributed by atoms with Gasteiger partial charge < -0.3 is 10.2 Å². The second kappa shape index (κ2) is 12.6. The van der Waals surface area contributed by atoms with Crippen molar-refractivity contribution in [2.24, 2.45) is 0 Å². The van der Waals surface area contributed by atoms with E-state index in [0.29, 0.717) is 6.42 Å². The molecule has 3 aromatic carbocycles. The number of carbonyl (C=O) groups is 2. The number of nitrogens with zero attached hydrogens (tertiary/aromatic N) is 2. The Morgan fingerprint density at radius 1 is 0.875 bits per heavy atom. The van der Waals surface area contributed by atoms with Gasteiger partial charge in [-0.2, -0.15) is 0 Å². The molecule has 0 aliphatic rings. The number of sulfonamides is 1. The lowest BCUT2D eigenvalue weighted by Crippen LogP contribution is -2.55. The third kappa shape index (κ3) is 7.91. The van der Waals surface area contributed by atoms with Crippen LogP contribution in [0, 0.1) is 19.7 Å². The molecule has 0 spiro atoms. The van der Waals surface area contributed by atoms with Crippen LogP contribution in [0.15, 0.2) is 77.7 Å². The van der Waals surface area contributed by atoms with Crippen molar-refractivity contribution in [2.45, 2.75) is 71.0 Å². The molecule has 3 rings (SSSR count). The Labute approximate surface area is 237 Å². The molecule has 1 N–H and O–H groups in total. The minimum Gasteiger partial charge on any atom is -0.350 e. The van der Waals surface area contributed by atoms with Crippen molar-refractivity contribution in [3.05, 3.63) is 95.3 Å². The molecule has 3 aromatic rings. The summed E-state index contributed by atoms with van der Waals surface area (Å²) in [6.45, 7) is 10.7. The summed E-state index contributed by atoms with van der Waals surface area (Å²) >= 11 is 0. The zero-order valence-electron chi connectivity index (χ0n) is 23.9. The predicted molar refractivity (Wildman–Crippen MR) is 156 cm³/mol. The number of benzene rings is 3. The first kappa shape index (κ1) is 30.8. The van der Waals surface area contributed by atoms with Crippen molar-refractivity contribution in [2.75, 3.05) is 10.8 Å². The highest BCUT2D eigenvalue weighted by molar-refractivity contribution is 7.92. The highest BCUT2D eigenvalue weighted by atomic mass is 32.2. The smallest absolute Gasteiger partial charge is 0.264 e. The highest BCUT2D eigenvalue weighted by Crippen LogP contribution is 2.25. The van der Waals surface area contributed by atoms with E-state index in [4.69, 9.17) is 0 Å². The Morgan fingerprint density at radius 2 is 1.40 bits per heavy atom. The molecule has 7 nitrogen and oxygen atoms in total. The second-order valence-electron chi connectivity index (χ2n) is 11.0. The summed E-state index contributed by atoms with van der Waals surface area (Å²) in [5, 5.41) is 2.95. The lowest BCUT2D eigenvalue weighted by molar-refractivity contribution is -0.141. The number of hydrogen-bond donors (Lipinski definition) is 1. The third-order valence-electron chi connectivity index (χ3n) is 6.36. The molecule has 0 radical (unpaired) electrons. The van der Waals surface area contributed by atoms with Crippen LogP contribution >= 0.6 is 0 Å². The fourth-order valence-electron chi connectivity index (χ4n) is 4.24. The van der Waals surface area contributed by atoms with Crippen LogP contribution in [-0.2, 0) is 26.2 Å². The van der Waals surface area contributed by atoms with E-state index in [1.165, 1.54) is 29.2 Å². The van der Waals surface area contributed by atoms with Gasteiger partial charge in [0.1, 0.15) is 18.4 Å². The number of hydrogen-bond acceptors (Lipinski definition) is 4. The van der Waals surface area contributed by atoms with Gasteiger partial charge in [0, 0.05) is 12.1 Å². The van der Waals surface area contributed by atoms with Crippen molar-refractivity contribution in [3.63, 3.8) is 0 Å². The molecule has 0 aliphatic heterocycles. The van der Waals surface area contributed by atoms with E-state index in [1.54, 1.807) is 12.1 Å². The highest BCUT2D eigenvalue weighted by Gasteiger charge is 2.34. The predicted octanol–water partition coefficient (Wildman–Crippen LogP) is 5.36. The topological polar surface area (TPSA) is 86.8 Å². The van der Waals surface area contributed by atoms with Crippen LogP contribution < -0.4 is 9.62 Å². The van der Waals surface area contributed by atoms with E-state index in [-0.39, 0.29) is 23.0 Å². The molecule has 214 valence electrons. The summed E-state index contributed by atoms with van der Waals surface area (Å²) in [6.07, 6.45) is 0.320. The van der Waals surface area contributed by atoms with Gasteiger partial charge in [-0.25, -0.2) is 12.8 Å². The van der Waals surface area contributed by atoms with Gasteiger partial charge in [-0.3, -0.25) is 13.9 Å². The van der Waals surface area contributed by atoms with Crippen molar-refractivity contribution in [1.82, 2.24) is 10.2 Å². The Morgan fingerprint density at radius 3 is 1.90 bits per heavy atom. The maximum atomic E-state index is 14.0. The SMILES string of the molecule is CCC(C(=O)NC(C)(C)C)N(Cc1ccc(C)cc1)C(=O)CN(c1ccc(F)cc1)S(=O)(=O)c1ccc(C)cc1. The molecule has 0 heterocycles. The molecule has 1 atom stereocenters. The normalized spacial score (nSPS) is 12.5. The number of aryl methyl sites for hydroxylation is 2. The molecule has 1 unspecified atom stereocenters. The molecule has 0 saturated carbocycles. The van der Waals surface area contributed by atoms with Gasteiger partial charge in [-0.05, 0) is 83.0 Å². The molecule has 0 aliphatic carbocycles. The molecular weight excluding hydrogens is 529 g/mol. The molecule has 0 fully saturated rings. The molecule has 0 bridgehead atoms. The first-order valence-corrected chi connectivity index (χ1v) is 14.7. The van der Waals surface area contributed by atoms with Gasteiger partial charge in [0.2, 0.25) is 11.8 Å². The maximum Gasteiger partial charge on any atom is 0.264 e. The Balaban J connectivity index is 2.06. The maximum absolute atomic E-state index is 14.0. The van der Waals surface area contributed by atoms with Crippen LogP contribution in [0.5, 0.6) is 0 Å². The quantitative estimate of drug-likeness (QED) is 0.357. The standard InChI is InChI=1S/C31H38FN3O4S/c1-7-28(30(37)33-31(4,5)6)34(20-24-12-8-22(2)9-13-24)29(36)21-35(26-16-14-25(32)15-17-26)40(38,39)27-18-10-23(3)11-19-27/h8-19,28H,7,20-21H2,1-6H3,(H,33,37). The summed E-state index contributed by atoms with van der Waals surface area (Å²) in [5.41, 5.74) is 2.33. The molecule has 9 heteroatoms. The fourth-order valence-corrected chi connectivity index (χ4v) is 5.65. The lowest BCUT2D eigenvalue weighted by Gasteiger charge is -2.34. The summed E-state index contributed by atoms with van der Waals surface area (Å²) in [5.74, 6) is -1.42. The lowest BCUT2D eigenvalue weighted by atomic mass is 10.1. The van der Waals surface area contributed by atoms with Crippen LogP contribution in [0.4, 0.5) is 10.1 Å². The van der Waals surface area contributed by atoms with Crippen LogP contribution in [0.25, 0.3) is 0 Å². The average molecular weight is 568 g/mol. The van der Waals surface area contributed by atoms with Gasteiger partial charge in [0.25, 0.3) is 10.0 Å². The zero-order chi connectivity index (χ0) is 29.7. The van der Waals surface area contributed by atoms with E-state index >= 15 is 0 Å². The number of rotatable bonds is 10. The third-order valence-corrected chi connectivity index (χ3v) is 8.15. The van der Waals surface area contributed by atoms with Crippen molar-refractivity contribution >= 4 is 27.5 Å². The van der Waals surface area contributed by atoms with E-state index in [1.807, 2.05) is 65.8 Å². The second-order valence-corrected chi connectivity index (χ2v) is 12.8. The van der Waals surface area contributed by atoms with E-state index in [2.05, 4.69) is 5.32 Å². The number of carbonyl (C=O) groups excluding carboxylic acids is 2. The summed E-state index contributed by atoms with van der Waals surface area (Å²) in [6, 6.07) is 18.0. The molecule has 0 aromatic heterocycles. The van der Waals surface area contributed by atoms with Crippen molar-refractivity contribution < 1.29 is 22.4 Å². The van der Waals surface area contributed by atoms with E-state index in [0.717, 1.165) is 33.1 Å². The van der Waals surface area contributed by atoms with Crippen LogP contribution in [0.3, 0.4) is 0 Å². The molecule has 2 amide bonds. The Bertz CT molecular complexity index is 1420. The van der Waals surface area contributed by atoms with Gasteiger partial charge in [-0.15, -0.1) is 0 Å². The zero-order valence-corrected chi connectivity index (χ0v) is 24.8. The molecular formula is C31H38FN3O4S. The number of halogens is 1. The van der Waals surface area contributed by atoms with Crippen molar-refractivity contribution in [1.29, 1.82) is 0 Å². The average Bonchev–Trinajstić information content (AvgIpc) is 2.88. The first-order chi connectivity index (χ1) is 18.7. The summed E-state index contributed by atoms with van der Waals surface area (Å²) < 4.78 is 42.4. The minimum absolute atomic E-state index is 0.00201. The largest absolute Gasteiger partial charge is 0.350 e. The Kier molecular flexibility index (Phi) is 9.73. The number of anilines is 1. The monoisotopic (exact) mass is 567 g/mol. The fraction of sp³-hybridized carbons (Fsp3) is 0.355. The number of amides is 2. The Hall–Kier alpha value is -3.72. The van der Waals surface area contributed by atoms with Crippen molar-refractivity contribution in [3.8, 4) is 0 Å². The van der Waals surface area contributed by atoms with E-state index < -0.39 is 39.9 Å².